The molecular formula is C52H30N4S2. The Kier molecular flexibility index (Phi) is 6.73. The van der Waals surface area contributed by atoms with Crippen molar-refractivity contribution >= 4 is 107 Å². The third-order valence-corrected chi connectivity index (χ3v) is 14.5. The zero-order valence-electron chi connectivity index (χ0n) is 30.9. The summed E-state index contributed by atoms with van der Waals surface area (Å²) in [6.07, 6.45) is 7.68. The van der Waals surface area contributed by atoms with Crippen LogP contribution < -0.4 is 0 Å². The fourth-order valence-corrected chi connectivity index (χ4v) is 12.2. The molecule has 0 saturated carbocycles. The monoisotopic (exact) mass is 774 g/mol. The molecule has 0 aliphatic carbocycles. The summed E-state index contributed by atoms with van der Waals surface area (Å²) in [5, 5.41) is 9.88. The van der Waals surface area contributed by atoms with E-state index in [1.165, 1.54) is 95.8 Å². The average Bonchev–Trinajstić information content (AvgIpc) is 4.04. The molecule has 0 saturated heterocycles. The summed E-state index contributed by atoms with van der Waals surface area (Å²) in [5.74, 6) is 0. The van der Waals surface area contributed by atoms with Crippen LogP contribution in [0.4, 0.5) is 0 Å². The number of benzene rings is 7. The van der Waals surface area contributed by atoms with Gasteiger partial charge in [-0.1, -0.05) is 121 Å². The predicted octanol–water partition coefficient (Wildman–Crippen LogP) is 14.7. The van der Waals surface area contributed by atoms with E-state index in [9.17, 15) is 0 Å². The van der Waals surface area contributed by atoms with Crippen molar-refractivity contribution in [3.8, 4) is 33.6 Å². The highest BCUT2D eigenvalue weighted by molar-refractivity contribution is 7.27. The Bertz CT molecular complexity index is 3470. The van der Waals surface area contributed by atoms with Gasteiger partial charge in [0.15, 0.2) is 0 Å². The van der Waals surface area contributed by atoms with Gasteiger partial charge in [-0.2, -0.15) is 0 Å². The number of pyridine rings is 2. The first-order valence-electron chi connectivity index (χ1n) is 19.5. The molecule has 7 aromatic carbocycles. The van der Waals surface area contributed by atoms with Crippen LogP contribution >= 0.6 is 22.7 Å². The minimum absolute atomic E-state index is 1.11. The van der Waals surface area contributed by atoms with Crippen LogP contribution in [0.3, 0.4) is 0 Å². The van der Waals surface area contributed by atoms with E-state index in [4.69, 9.17) is 0 Å². The highest BCUT2D eigenvalue weighted by atomic mass is 32.1. The number of fused-ring (bicyclic) bond motifs is 12. The van der Waals surface area contributed by atoms with Crippen molar-refractivity contribution in [3.05, 3.63) is 183 Å². The second-order valence-corrected chi connectivity index (χ2v) is 17.0. The zero-order valence-corrected chi connectivity index (χ0v) is 32.6. The van der Waals surface area contributed by atoms with Crippen LogP contribution in [-0.2, 0) is 0 Å². The van der Waals surface area contributed by atoms with Gasteiger partial charge in [-0.15, -0.1) is 22.7 Å². The SMILES string of the molecule is c1ccc(-c2cccc3c2sc2c(-n4c5ccncc5c5cnccc54)cccc23)c(-c2cccc3c2sc2c(-n4c5ccccc5c5ccccc54)cccc23)c1. The van der Waals surface area contributed by atoms with Crippen molar-refractivity contribution in [3.63, 3.8) is 0 Å². The van der Waals surface area contributed by atoms with E-state index in [1.54, 1.807) is 0 Å². The van der Waals surface area contributed by atoms with Gasteiger partial charge in [0, 0.05) is 88.4 Å². The normalized spacial score (nSPS) is 12.1. The summed E-state index contributed by atoms with van der Waals surface area (Å²) >= 11 is 3.80. The Morgan fingerprint density at radius 2 is 0.655 bits per heavy atom. The highest BCUT2D eigenvalue weighted by Gasteiger charge is 2.21. The summed E-state index contributed by atoms with van der Waals surface area (Å²) in [5.41, 5.74) is 12.1. The summed E-state index contributed by atoms with van der Waals surface area (Å²) in [7, 11) is 0. The van der Waals surface area contributed by atoms with Gasteiger partial charge in [0.2, 0.25) is 0 Å². The lowest BCUT2D eigenvalue weighted by molar-refractivity contribution is 1.19. The summed E-state index contributed by atoms with van der Waals surface area (Å²) in [4.78, 5) is 8.95. The van der Waals surface area contributed by atoms with Gasteiger partial charge >= 0.3 is 0 Å². The van der Waals surface area contributed by atoms with Gasteiger partial charge in [-0.3, -0.25) is 9.97 Å². The second kappa shape index (κ2) is 12.2. The molecule has 58 heavy (non-hydrogen) atoms. The number of hydrogen-bond donors (Lipinski definition) is 0. The van der Waals surface area contributed by atoms with Crippen molar-refractivity contribution in [1.82, 2.24) is 19.1 Å². The van der Waals surface area contributed by atoms with Gasteiger partial charge in [0.05, 0.1) is 42.8 Å². The van der Waals surface area contributed by atoms with E-state index in [0.717, 1.165) is 21.8 Å². The van der Waals surface area contributed by atoms with Gasteiger partial charge in [0.25, 0.3) is 0 Å². The molecule has 13 aromatic rings. The number of nitrogens with zero attached hydrogens (tertiary/aromatic N) is 4. The van der Waals surface area contributed by atoms with Crippen LogP contribution in [0.1, 0.15) is 0 Å². The van der Waals surface area contributed by atoms with E-state index >= 15 is 0 Å². The first kappa shape index (κ1) is 32.0. The maximum absolute atomic E-state index is 4.48. The van der Waals surface area contributed by atoms with Crippen molar-refractivity contribution in [2.45, 2.75) is 0 Å². The van der Waals surface area contributed by atoms with Crippen LogP contribution in [0.25, 0.3) is 118 Å². The van der Waals surface area contributed by atoms with Crippen LogP contribution in [0.2, 0.25) is 0 Å². The summed E-state index contributed by atoms with van der Waals surface area (Å²) < 4.78 is 10.00. The lowest BCUT2D eigenvalue weighted by Gasteiger charge is -2.12. The Morgan fingerprint density at radius 3 is 1.14 bits per heavy atom. The molecule has 0 atom stereocenters. The molecule has 0 fully saturated rings. The molecule has 6 heteroatoms. The van der Waals surface area contributed by atoms with E-state index in [1.807, 2.05) is 47.5 Å². The molecule has 6 aromatic heterocycles. The largest absolute Gasteiger partial charge is 0.308 e. The van der Waals surface area contributed by atoms with Gasteiger partial charge in [-0.05, 0) is 47.5 Å². The molecule has 0 unspecified atom stereocenters. The Balaban J connectivity index is 1.03. The van der Waals surface area contributed by atoms with Crippen LogP contribution in [-0.4, -0.2) is 19.1 Å². The van der Waals surface area contributed by atoms with Crippen LogP contribution in [0.5, 0.6) is 0 Å². The topological polar surface area (TPSA) is 35.6 Å². The highest BCUT2D eigenvalue weighted by Crippen LogP contribution is 2.49. The molecule has 0 bridgehead atoms. The molecule has 270 valence electrons. The molecule has 0 spiro atoms. The van der Waals surface area contributed by atoms with Gasteiger partial charge in [0.1, 0.15) is 0 Å². The minimum Gasteiger partial charge on any atom is -0.308 e. The lowest BCUT2D eigenvalue weighted by Crippen LogP contribution is -1.93. The number of aromatic nitrogens is 4. The molecule has 0 amide bonds. The molecule has 6 heterocycles. The van der Waals surface area contributed by atoms with Crippen molar-refractivity contribution in [2.75, 3.05) is 0 Å². The molecule has 0 aliphatic heterocycles. The fraction of sp³-hybridized carbons (Fsp3) is 0. The third kappa shape index (κ3) is 4.38. The second-order valence-electron chi connectivity index (χ2n) is 14.9. The van der Waals surface area contributed by atoms with Crippen molar-refractivity contribution in [2.24, 2.45) is 0 Å². The molecule has 0 aliphatic rings. The molecule has 4 nitrogen and oxygen atoms in total. The quantitative estimate of drug-likeness (QED) is 0.178. The van der Waals surface area contributed by atoms with Crippen molar-refractivity contribution in [1.29, 1.82) is 0 Å². The fourth-order valence-electron chi connectivity index (χ4n) is 9.49. The molecule has 0 radical (unpaired) electrons. The molecular weight excluding hydrogens is 745 g/mol. The standard InChI is InChI=1S/C52H30N4S2/c1-2-12-32(36-16-8-18-38-40-20-10-24-48(52(40)58-50(36)38)56-45-25-27-53-29-41(45)42-30-54-28-26-46(42)56)31(11-1)35-15-7-17-37-39-19-9-23-47(51(39)57-49(35)37)55-43-21-5-3-13-33(43)34-14-4-6-22-44(34)55/h1-30H. The number of thiophene rings is 2. The smallest absolute Gasteiger partial charge is 0.0640 e. The summed E-state index contributed by atoms with van der Waals surface area (Å²) in [6.45, 7) is 0. The molecule has 0 N–H and O–H groups in total. The minimum atomic E-state index is 1.11. The van der Waals surface area contributed by atoms with E-state index in [-0.39, 0.29) is 0 Å². The van der Waals surface area contributed by atoms with Gasteiger partial charge < -0.3 is 9.13 Å². The van der Waals surface area contributed by atoms with Crippen molar-refractivity contribution < 1.29 is 0 Å². The van der Waals surface area contributed by atoms with Crippen LogP contribution in [0.15, 0.2) is 183 Å². The number of rotatable bonds is 4. The number of para-hydroxylation sites is 2. The van der Waals surface area contributed by atoms with E-state index in [0.29, 0.717) is 0 Å². The van der Waals surface area contributed by atoms with E-state index in [2.05, 4.69) is 177 Å². The van der Waals surface area contributed by atoms with E-state index < -0.39 is 0 Å². The zero-order chi connectivity index (χ0) is 37.9. The third-order valence-electron chi connectivity index (χ3n) is 11.9. The predicted molar refractivity (Wildman–Crippen MR) is 247 cm³/mol. The van der Waals surface area contributed by atoms with Crippen LogP contribution in [0, 0.1) is 0 Å². The first-order chi connectivity index (χ1) is 28.8. The Labute approximate surface area is 340 Å². The lowest BCUT2D eigenvalue weighted by atomic mass is 9.93. The maximum Gasteiger partial charge on any atom is 0.0640 e. The Morgan fingerprint density at radius 1 is 0.293 bits per heavy atom. The molecule has 13 rings (SSSR count). The Hall–Kier alpha value is -7.12. The maximum atomic E-state index is 4.48. The average molecular weight is 775 g/mol. The number of hydrogen-bond acceptors (Lipinski definition) is 4. The first-order valence-corrected chi connectivity index (χ1v) is 21.1. The van der Waals surface area contributed by atoms with Gasteiger partial charge in [-0.25, -0.2) is 0 Å². The summed E-state index contributed by atoms with van der Waals surface area (Å²) in [6, 6.07) is 57.9.